The summed E-state index contributed by atoms with van der Waals surface area (Å²) in [5.74, 6) is 2.22. The van der Waals surface area contributed by atoms with E-state index in [0.29, 0.717) is 12.2 Å². The Bertz CT molecular complexity index is 282. The van der Waals surface area contributed by atoms with Gasteiger partial charge in [0.15, 0.2) is 0 Å². The zero-order chi connectivity index (χ0) is 16.7. The minimum absolute atomic E-state index is 0.0453. The number of rotatable bonds is 9. The molecule has 0 bridgehead atoms. The minimum Gasteiger partial charge on any atom is -0.441 e. The highest BCUT2D eigenvalue weighted by Gasteiger charge is 2.10. The summed E-state index contributed by atoms with van der Waals surface area (Å²) in [4.78, 5) is 10.2. The van der Waals surface area contributed by atoms with Gasteiger partial charge in [-0.3, -0.25) is 0 Å². The number of terminal acetylenes is 1. The first-order valence-electron chi connectivity index (χ1n) is 7.14. The molecule has 3 N–H and O–H groups in total. The number of amides is 1. The number of carbonyl (C=O) groups is 1. The second kappa shape index (κ2) is 15.1. The summed E-state index contributed by atoms with van der Waals surface area (Å²) in [5, 5.41) is 8.61. The van der Waals surface area contributed by atoms with Gasteiger partial charge in [-0.25, -0.2) is 4.79 Å². The fourth-order valence-corrected chi connectivity index (χ4v) is 1.13. The van der Waals surface area contributed by atoms with E-state index in [4.69, 9.17) is 26.7 Å². The van der Waals surface area contributed by atoms with E-state index in [9.17, 15) is 4.79 Å². The molecule has 1 amide bonds. The predicted octanol–water partition coefficient (Wildman–Crippen LogP) is 1.69. The second-order valence-electron chi connectivity index (χ2n) is 4.53. The third-order valence-electron chi connectivity index (χ3n) is 2.59. The number of carbonyl (C=O) groups excluding carboxylic acids is 1. The van der Waals surface area contributed by atoms with Crippen LogP contribution in [0.2, 0.25) is 0 Å². The monoisotopic (exact) mass is 303 g/mol. The fourth-order valence-electron chi connectivity index (χ4n) is 1.13. The molecule has 0 aliphatic heterocycles. The molecule has 0 aromatic heterocycles. The molecule has 0 spiro atoms. The fraction of sp³-hybridized carbons (Fsp3) is 0.800. The lowest BCUT2D eigenvalue weighted by molar-refractivity contribution is 0.00440. The van der Waals surface area contributed by atoms with Crippen molar-refractivity contribution in [2.75, 3.05) is 19.8 Å². The van der Waals surface area contributed by atoms with Gasteiger partial charge in [0.2, 0.25) is 0 Å². The van der Waals surface area contributed by atoms with Gasteiger partial charge >= 0.3 is 6.09 Å². The first-order chi connectivity index (χ1) is 9.90. The van der Waals surface area contributed by atoms with Crippen LogP contribution in [0, 0.1) is 12.3 Å². The van der Waals surface area contributed by atoms with Crippen LogP contribution in [0.15, 0.2) is 0 Å². The van der Waals surface area contributed by atoms with E-state index in [2.05, 4.69) is 38.4 Å². The van der Waals surface area contributed by atoms with Crippen LogP contribution in [0.5, 0.6) is 0 Å². The molecule has 6 nitrogen and oxygen atoms in total. The van der Waals surface area contributed by atoms with E-state index >= 15 is 0 Å². The predicted molar refractivity (Wildman–Crippen MR) is 81.8 cm³/mol. The second-order valence-corrected chi connectivity index (χ2v) is 4.53. The zero-order valence-electron chi connectivity index (χ0n) is 13.5. The molecule has 0 saturated heterocycles. The molecular formula is C15H29NO5. The Morgan fingerprint density at radius 2 is 1.81 bits per heavy atom. The van der Waals surface area contributed by atoms with Crippen molar-refractivity contribution in [2.24, 2.45) is 5.73 Å². The molecule has 0 saturated carbocycles. The van der Waals surface area contributed by atoms with Gasteiger partial charge < -0.3 is 25.1 Å². The summed E-state index contributed by atoms with van der Waals surface area (Å²) in [5.41, 5.74) is 4.71. The van der Waals surface area contributed by atoms with Gasteiger partial charge in [0.1, 0.15) is 12.7 Å². The smallest absolute Gasteiger partial charge is 0.404 e. The molecule has 0 aromatic carbocycles. The van der Waals surface area contributed by atoms with Crippen LogP contribution < -0.4 is 5.73 Å². The largest absolute Gasteiger partial charge is 0.441 e. The van der Waals surface area contributed by atoms with Gasteiger partial charge in [0.25, 0.3) is 0 Å². The highest BCUT2D eigenvalue weighted by atomic mass is 16.6. The van der Waals surface area contributed by atoms with Crippen LogP contribution in [0.1, 0.15) is 40.5 Å². The molecule has 6 heteroatoms. The third-order valence-corrected chi connectivity index (χ3v) is 2.59. The van der Waals surface area contributed by atoms with Gasteiger partial charge in [-0.15, -0.1) is 6.42 Å². The van der Waals surface area contributed by atoms with Crippen molar-refractivity contribution in [3.63, 3.8) is 0 Å². The van der Waals surface area contributed by atoms with Gasteiger partial charge in [-0.2, -0.15) is 0 Å². The molecule has 0 heterocycles. The summed E-state index contributed by atoms with van der Waals surface area (Å²) in [6.07, 6.45) is 6.29. The molecule has 124 valence electrons. The molecule has 0 radical (unpaired) electrons. The van der Waals surface area contributed by atoms with E-state index in [0.717, 1.165) is 12.8 Å². The van der Waals surface area contributed by atoms with E-state index in [1.807, 2.05) is 0 Å². The third kappa shape index (κ3) is 16.7. The normalized spacial score (nSPS) is 14.1. The first kappa shape index (κ1) is 22.0. The van der Waals surface area contributed by atoms with Crippen molar-refractivity contribution in [3.05, 3.63) is 0 Å². The number of aliphatic hydroxyl groups is 1. The lowest BCUT2D eigenvalue weighted by Gasteiger charge is -2.15. The Morgan fingerprint density at radius 1 is 1.29 bits per heavy atom. The average Bonchev–Trinajstić information content (AvgIpc) is 2.46. The molecular weight excluding hydrogens is 274 g/mol. The van der Waals surface area contributed by atoms with Crippen LogP contribution in [0.3, 0.4) is 0 Å². The van der Waals surface area contributed by atoms with Gasteiger partial charge in [0, 0.05) is 0 Å². The Hall–Kier alpha value is -1.29. The molecule has 0 aliphatic carbocycles. The van der Waals surface area contributed by atoms with Gasteiger partial charge in [-0.1, -0.05) is 19.8 Å². The summed E-state index contributed by atoms with van der Waals surface area (Å²) in [6.45, 7) is 8.34. The summed E-state index contributed by atoms with van der Waals surface area (Å²) < 4.78 is 14.8. The van der Waals surface area contributed by atoms with Crippen molar-refractivity contribution in [2.45, 2.75) is 58.8 Å². The summed E-state index contributed by atoms with van der Waals surface area (Å²) in [7, 11) is 0. The number of primary amides is 1. The SMILES string of the molecule is C#CCOCC(CO)OC(N)=O.CCC(C)OC(C)CC. The van der Waals surface area contributed by atoms with Gasteiger partial charge in [-0.05, 0) is 26.7 Å². The average molecular weight is 303 g/mol. The lowest BCUT2D eigenvalue weighted by Crippen LogP contribution is -2.29. The molecule has 3 atom stereocenters. The molecule has 0 fully saturated rings. The standard InChI is InChI=1S/C8H18O.C7H11NO4/c1-5-7(3)9-8(4)6-2;1-2-3-11-5-6(4-9)12-7(8)10/h7-8H,5-6H2,1-4H3;1,6,9H,3-5H2,(H2,8,10). The first-order valence-corrected chi connectivity index (χ1v) is 7.14. The Kier molecular flexibility index (Phi) is 15.8. The van der Waals surface area contributed by atoms with E-state index < -0.39 is 12.2 Å². The quantitative estimate of drug-likeness (QED) is 0.499. The van der Waals surface area contributed by atoms with Crippen LogP contribution in [-0.4, -0.2) is 49.3 Å². The molecule has 21 heavy (non-hydrogen) atoms. The number of aliphatic hydroxyl groups excluding tert-OH is 1. The highest BCUT2D eigenvalue weighted by Crippen LogP contribution is 2.03. The summed E-state index contributed by atoms with van der Waals surface area (Å²) in [6, 6.07) is 0. The maximum absolute atomic E-state index is 10.2. The molecule has 3 unspecified atom stereocenters. The van der Waals surface area contributed by atoms with Crippen LogP contribution in [-0.2, 0) is 14.2 Å². The Morgan fingerprint density at radius 3 is 2.14 bits per heavy atom. The van der Waals surface area contributed by atoms with E-state index in [-0.39, 0.29) is 19.8 Å². The maximum atomic E-state index is 10.2. The molecule has 0 aliphatic rings. The van der Waals surface area contributed by atoms with E-state index in [1.54, 1.807) is 0 Å². The summed E-state index contributed by atoms with van der Waals surface area (Å²) >= 11 is 0. The van der Waals surface area contributed by atoms with Crippen molar-refractivity contribution in [1.82, 2.24) is 0 Å². The Labute approximate surface area is 127 Å². The van der Waals surface area contributed by atoms with Crippen LogP contribution in [0.25, 0.3) is 0 Å². The number of ether oxygens (including phenoxy) is 3. The van der Waals surface area contributed by atoms with Gasteiger partial charge in [0.05, 0.1) is 25.4 Å². The minimum atomic E-state index is -0.946. The highest BCUT2D eigenvalue weighted by molar-refractivity contribution is 5.64. The Balaban J connectivity index is 0. The van der Waals surface area contributed by atoms with Crippen molar-refractivity contribution in [1.29, 1.82) is 0 Å². The van der Waals surface area contributed by atoms with E-state index in [1.165, 1.54) is 0 Å². The van der Waals surface area contributed by atoms with Crippen molar-refractivity contribution >= 4 is 6.09 Å². The number of hydrogen-bond donors (Lipinski definition) is 2. The zero-order valence-corrected chi connectivity index (χ0v) is 13.5. The lowest BCUT2D eigenvalue weighted by atomic mass is 10.3. The van der Waals surface area contributed by atoms with Crippen molar-refractivity contribution < 1.29 is 24.1 Å². The topological polar surface area (TPSA) is 91.0 Å². The number of hydrogen-bond acceptors (Lipinski definition) is 5. The van der Waals surface area contributed by atoms with Crippen molar-refractivity contribution in [3.8, 4) is 12.3 Å². The van der Waals surface area contributed by atoms with Crippen LogP contribution in [0.4, 0.5) is 4.79 Å². The number of nitrogens with two attached hydrogens (primary N) is 1. The molecule has 0 aromatic rings. The maximum Gasteiger partial charge on any atom is 0.404 e. The van der Waals surface area contributed by atoms with Crippen LogP contribution >= 0.6 is 0 Å². The molecule has 0 rings (SSSR count).